The summed E-state index contributed by atoms with van der Waals surface area (Å²) in [4.78, 5) is 19.3. The summed E-state index contributed by atoms with van der Waals surface area (Å²) in [7, 11) is -3.49. The van der Waals surface area contributed by atoms with Gasteiger partial charge in [0.1, 0.15) is 0 Å². The van der Waals surface area contributed by atoms with Gasteiger partial charge >= 0.3 is 0 Å². The standard InChI is InChI=1S/C22H30N4O5S/c27-21(24-12-7-22(8-13-24)30-14-15-31-22)6-11-25-17-23-19-16-18(4-5-20(19)25)32(28,29)26-9-2-1-3-10-26/h4-5,16-17H,1-3,6-15H2. The van der Waals surface area contributed by atoms with Crippen LogP contribution in [-0.2, 0) is 30.8 Å². The van der Waals surface area contributed by atoms with Gasteiger partial charge in [-0.05, 0) is 31.0 Å². The van der Waals surface area contributed by atoms with E-state index in [1.165, 1.54) is 0 Å². The molecule has 3 aliphatic rings. The first-order valence-electron chi connectivity index (χ1n) is 11.5. The van der Waals surface area contributed by atoms with Crippen molar-refractivity contribution in [1.82, 2.24) is 18.8 Å². The van der Waals surface area contributed by atoms with Crippen LogP contribution in [0.3, 0.4) is 0 Å². The quantitative estimate of drug-likeness (QED) is 0.674. The van der Waals surface area contributed by atoms with Crippen LogP contribution in [0.5, 0.6) is 0 Å². The second kappa shape index (κ2) is 8.74. The highest BCUT2D eigenvalue weighted by molar-refractivity contribution is 7.89. The fraction of sp³-hybridized carbons (Fsp3) is 0.636. The Bertz CT molecular complexity index is 1080. The number of sulfonamides is 1. The first-order chi connectivity index (χ1) is 15.5. The van der Waals surface area contributed by atoms with Gasteiger partial charge in [-0.25, -0.2) is 13.4 Å². The second-order valence-electron chi connectivity index (χ2n) is 8.79. The van der Waals surface area contributed by atoms with Gasteiger partial charge in [-0.15, -0.1) is 0 Å². The molecule has 1 amide bonds. The van der Waals surface area contributed by atoms with E-state index in [9.17, 15) is 13.2 Å². The zero-order valence-corrected chi connectivity index (χ0v) is 19.1. The Morgan fingerprint density at radius 1 is 1.03 bits per heavy atom. The van der Waals surface area contributed by atoms with Gasteiger partial charge < -0.3 is 18.9 Å². The number of piperidine rings is 2. The number of nitrogens with zero attached hydrogens (tertiary/aromatic N) is 4. The predicted octanol–water partition coefficient (Wildman–Crippen LogP) is 1.97. The summed E-state index contributed by atoms with van der Waals surface area (Å²) in [5.41, 5.74) is 1.46. The van der Waals surface area contributed by atoms with Crippen molar-refractivity contribution >= 4 is 27.0 Å². The van der Waals surface area contributed by atoms with Crippen LogP contribution < -0.4 is 0 Å². The highest BCUT2D eigenvalue weighted by Crippen LogP contribution is 2.31. The molecular formula is C22H30N4O5S. The maximum Gasteiger partial charge on any atom is 0.243 e. The number of hydrogen-bond acceptors (Lipinski definition) is 6. The van der Waals surface area contributed by atoms with E-state index in [2.05, 4.69) is 4.98 Å². The number of hydrogen-bond donors (Lipinski definition) is 0. The Morgan fingerprint density at radius 2 is 1.75 bits per heavy atom. The summed E-state index contributed by atoms with van der Waals surface area (Å²) in [6, 6.07) is 5.09. The van der Waals surface area contributed by atoms with Crippen LogP contribution in [0.4, 0.5) is 0 Å². The van der Waals surface area contributed by atoms with Crippen molar-refractivity contribution in [2.24, 2.45) is 0 Å². The van der Waals surface area contributed by atoms with Crippen LogP contribution in [0, 0.1) is 0 Å². The molecule has 3 aliphatic heterocycles. The number of rotatable bonds is 5. The molecule has 0 atom stereocenters. The van der Waals surface area contributed by atoms with Gasteiger partial charge in [0.15, 0.2) is 5.79 Å². The molecule has 32 heavy (non-hydrogen) atoms. The smallest absolute Gasteiger partial charge is 0.243 e. The lowest BCUT2D eigenvalue weighted by Gasteiger charge is -2.37. The minimum absolute atomic E-state index is 0.101. The summed E-state index contributed by atoms with van der Waals surface area (Å²) < 4.78 is 40.8. The molecule has 0 N–H and O–H groups in total. The molecule has 0 saturated carbocycles. The zero-order chi connectivity index (χ0) is 22.2. The number of carbonyl (C=O) groups is 1. The average Bonchev–Trinajstić information content (AvgIpc) is 3.45. The average molecular weight is 463 g/mol. The number of fused-ring (bicyclic) bond motifs is 1. The van der Waals surface area contributed by atoms with Gasteiger partial charge in [0, 0.05) is 52.0 Å². The van der Waals surface area contributed by atoms with Crippen molar-refractivity contribution in [1.29, 1.82) is 0 Å². The van der Waals surface area contributed by atoms with E-state index in [1.54, 1.807) is 28.8 Å². The van der Waals surface area contributed by atoms with Crippen LogP contribution in [0.15, 0.2) is 29.4 Å². The molecule has 2 aromatic rings. The van der Waals surface area contributed by atoms with E-state index < -0.39 is 15.8 Å². The number of likely N-dealkylation sites (tertiary alicyclic amines) is 1. The van der Waals surface area contributed by atoms with E-state index in [0.717, 1.165) is 24.8 Å². The monoisotopic (exact) mass is 462 g/mol. The predicted molar refractivity (Wildman–Crippen MR) is 117 cm³/mol. The van der Waals surface area contributed by atoms with Crippen LogP contribution in [-0.4, -0.2) is 78.3 Å². The highest BCUT2D eigenvalue weighted by Gasteiger charge is 2.40. The fourth-order valence-corrected chi connectivity index (χ4v) is 6.43. The Kier molecular flexibility index (Phi) is 5.96. The molecule has 5 rings (SSSR count). The molecule has 3 saturated heterocycles. The third kappa shape index (κ3) is 4.16. The fourth-order valence-electron chi connectivity index (χ4n) is 4.89. The number of amides is 1. The number of benzene rings is 1. The molecule has 1 spiro atoms. The minimum atomic E-state index is -3.49. The van der Waals surface area contributed by atoms with Gasteiger partial charge in [0.05, 0.1) is 35.5 Å². The van der Waals surface area contributed by atoms with Gasteiger partial charge in [0.2, 0.25) is 15.9 Å². The van der Waals surface area contributed by atoms with Crippen LogP contribution >= 0.6 is 0 Å². The molecule has 0 radical (unpaired) electrons. The highest BCUT2D eigenvalue weighted by atomic mass is 32.2. The number of aromatic nitrogens is 2. The first kappa shape index (κ1) is 21.8. The van der Waals surface area contributed by atoms with Crippen LogP contribution in [0.1, 0.15) is 38.5 Å². The van der Waals surface area contributed by atoms with Crippen molar-refractivity contribution in [2.75, 3.05) is 39.4 Å². The lowest BCUT2D eigenvalue weighted by Crippen LogP contribution is -2.47. The van der Waals surface area contributed by atoms with Crippen LogP contribution in [0.25, 0.3) is 11.0 Å². The maximum atomic E-state index is 12.9. The lowest BCUT2D eigenvalue weighted by molar-refractivity contribution is -0.187. The Balaban J connectivity index is 1.22. The third-order valence-corrected chi connectivity index (χ3v) is 8.70. The summed E-state index contributed by atoms with van der Waals surface area (Å²) in [5, 5.41) is 0. The Labute approximate surface area is 188 Å². The van der Waals surface area contributed by atoms with E-state index in [4.69, 9.17) is 9.47 Å². The number of ether oxygens (including phenoxy) is 2. The van der Waals surface area contributed by atoms with E-state index in [-0.39, 0.29) is 10.8 Å². The molecule has 10 heteroatoms. The van der Waals surface area contributed by atoms with Gasteiger partial charge in [0.25, 0.3) is 0 Å². The molecule has 0 bridgehead atoms. The summed E-state index contributed by atoms with van der Waals surface area (Å²) >= 11 is 0. The topological polar surface area (TPSA) is 94.0 Å². The van der Waals surface area contributed by atoms with E-state index >= 15 is 0 Å². The minimum Gasteiger partial charge on any atom is -0.347 e. The number of imidazole rings is 1. The van der Waals surface area contributed by atoms with Crippen molar-refractivity contribution in [2.45, 2.75) is 55.8 Å². The largest absolute Gasteiger partial charge is 0.347 e. The molecule has 1 aromatic carbocycles. The Hall–Kier alpha value is -2.01. The van der Waals surface area contributed by atoms with Gasteiger partial charge in [-0.1, -0.05) is 6.42 Å². The molecule has 3 fully saturated rings. The van der Waals surface area contributed by atoms with Gasteiger partial charge in [-0.2, -0.15) is 4.31 Å². The molecular weight excluding hydrogens is 432 g/mol. The summed E-state index contributed by atoms with van der Waals surface area (Å²) in [5.74, 6) is -0.382. The molecule has 9 nitrogen and oxygen atoms in total. The van der Waals surface area contributed by atoms with Crippen LogP contribution in [0.2, 0.25) is 0 Å². The molecule has 0 unspecified atom stereocenters. The Morgan fingerprint density at radius 3 is 2.47 bits per heavy atom. The first-order valence-corrected chi connectivity index (χ1v) is 12.9. The summed E-state index contributed by atoms with van der Waals surface area (Å²) in [6.45, 7) is 4.19. The molecule has 0 aliphatic carbocycles. The molecule has 174 valence electrons. The normalized spacial score (nSPS) is 22.1. The third-order valence-electron chi connectivity index (χ3n) is 6.80. The van der Waals surface area contributed by atoms with Crippen molar-refractivity contribution in [3.8, 4) is 0 Å². The molecule has 4 heterocycles. The SMILES string of the molecule is O=C(CCn1cnc2cc(S(=O)(=O)N3CCCCC3)ccc21)N1CCC2(CC1)OCCO2. The van der Waals surface area contributed by atoms with E-state index in [1.807, 2.05) is 9.47 Å². The lowest BCUT2D eigenvalue weighted by atomic mass is 10.0. The summed E-state index contributed by atoms with van der Waals surface area (Å²) in [6.07, 6.45) is 6.36. The zero-order valence-electron chi connectivity index (χ0n) is 18.2. The van der Waals surface area contributed by atoms with Crippen molar-refractivity contribution in [3.05, 3.63) is 24.5 Å². The van der Waals surface area contributed by atoms with E-state index in [0.29, 0.717) is 70.7 Å². The second-order valence-corrected chi connectivity index (χ2v) is 10.7. The number of carbonyl (C=O) groups excluding carboxylic acids is 1. The van der Waals surface area contributed by atoms with Gasteiger partial charge in [-0.3, -0.25) is 4.79 Å². The van der Waals surface area contributed by atoms with Crippen molar-refractivity contribution < 1.29 is 22.7 Å². The van der Waals surface area contributed by atoms with Crippen molar-refractivity contribution in [3.63, 3.8) is 0 Å². The number of aryl methyl sites for hydroxylation is 1. The molecule has 1 aromatic heterocycles. The maximum absolute atomic E-state index is 12.9.